The summed E-state index contributed by atoms with van der Waals surface area (Å²) in [5.41, 5.74) is 0.244. The standard InChI is InChI=1S/C16H20N2O4/c19-13-8-15-14(21-9-22-15)7-12(13)16(20)17-10-3-5-18(6-4-10)11-1-2-11/h7-8,10-11,19H,1-6,9H2,(H,17,20). The summed E-state index contributed by atoms with van der Waals surface area (Å²) in [5, 5.41) is 13.0. The largest absolute Gasteiger partial charge is 0.507 e. The molecule has 2 N–H and O–H groups in total. The minimum Gasteiger partial charge on any atom is -0.507 e. The summed E-state index contributed by atoms with van der Waals surface area (Å²) in [6.07, 6.45) is 4.57. The third-order valence-corrected chi connectivity index (χ3v) is 4.66. The van der Waals surface area contributed by atoms with Crippen LogP contribution in [0.25, 0.3) is 0 Å². The Kier molecular flexibility index (Phi) is 3.33. The van der Waals surface area contributed by atoms with Gasteiger partial charge < -0.3 is 24.8 Å². The maximum Gasteiger partial charge on any atom is 0.255 e. The molecule has 0 atom stereocenters. The first-order valence-corrected chi connectivity index (χ1v) is 7.88. The number of hydrogen-bond donors (Lipinski definition) is 2. The molecule has 1 saturated carbocycles. The summed E-state index contributed by atoms with van der Waals surface area (Å²) < 4.78 is 10.4. The molecule has 0 aromatic heterocycles. The Hall–Kier alpha value is -1.95. The Morgan fingerprint density at radius 1 is 1.14 bits per heavy atom. The highest BCUT2D eigenvalue weighted by Gasteiger charge is 2.32. The number of phenolic OH excluding ortho intramolecular Hbond substituents is 1. The number of rotatable bonds is 3. The summed E-state index contributed by atoms with van der Waals surface area (Å²) in [6.45, 7) is 2.21. The van der Waals surface area contributed by atoms with Crippen LogP contribution in [0.1, 0.15) is 36.0 Å². The fourth-order valence-corrected chi connectivity index (χ4v) is 3.22. The van der Waals surface area contributed by atoms with Crippen molar-refractivity contribution in [1.29, 1.82) is 0 Å². The van der Waals surface area contributed by atoms with Gasteiger partial charge in [0.15, 0.2) is 11.5 Å². The van der Waals surface area contributed by atoms with E-state index in [0.29, 0.717) is 11.5 Å². The highest BCUT2D eigenvalue weighted by molar-refractivity contribution is 5.97. The van der Waals surface area contributed by atoms with E-state index in [1.807, 2.05) is 0 Å². The lowest BCUT2D eigenvalue weighted by Crippen LogP contribution is -2.45. The Morgan fingerprint density at radius 3 is 2.50 bits per heavy atom. The van der Waals surface area contributed by atoms with E-state index >= 15 is 0 Å². The highest BCUT2D eigenvalue weighted by Crippen LogP contribution is 2.37. The quantitative estimate of drug-likeness (QED) is 0.885. The predicted octanol–water partition coefficient (Wildman–Crippen LogP) is 1.48. The van der Waals surface area contributed by atoms with Crippen molar-refractivity contribution in [1.82, 2.24) is 10.2 Å². The van der Waals surface area contributed by atoms with Crippen LogP contribution in [0.15, 0.2) is 12.1 Å². The number of fused-ring (bicyclic) bond motifs is 1. The molecule has 6 heteroatoms. The van der Waals surface area contributed by atoms with Gasteiger partial charge in [0.2, 0.25) is 6.79 Å². The van der Waals surface area contributed by atoms with E-state index in [0.717, 1.165) is 32.0 Å². The zero-order valence-electron chi connectivity index (χ0n) is 12.4. The second kappa shape index (κ2) is 5.35. The molecule has 3 aliphatic rings. The molecule has 2 fully saturated rings. The lowest BCUT2D eigenvalue weighted by molar-refractivity contribution is 0.0906. The number of ether oxygens (including phenoxy) is 2. The summed E-state index contributed by atoms with van der Waals surface area (Å²) in [7, 11) is 0. The predicted molar refractivity (Wildman–Crippen MR) is 79.3 cm³/mol. The van der Waals surface area contributed by atoms with Gasteiger partial charge in [-0.2, -0.15) is 0 Å². The maximum absolute atomic E-state index is 12.4. The van der Waals surface area contributed by atoms with Crippen LogP contribution < -0.4 is 14.8 Å². The molecular weight excluding hydrogens is 284 g/mol. The molecule has 0 unspecified atom stereocenters. The van der Waals surface area contributed by atoms with E-state index in [9.17, 15) is 9.90 Å². The van der Waals surface area contributed by atoms with E-state index in [2.05, 4.69) is 10.2 Å². The summed E-state index contributed by atoms with van der Waals surface area (Å²) in [6, 6.07) is 3.95. The van der Waals surface area contributed by atoms with Gasteiger partial charge in [0.25, 0.3) is 5.91 Å². The van der Waals surface area contributed by atoms with Crippen LogP contribution in [0.3, 0.4) is 0 Å². The van der Waals surface area contributed by atoms with Crippen LogP contribution in [-0.2, 0) is 0 Å². The van der Waals surface area contributed by atoms with E-state index in [-0.39, 0.29) is 30.1 Å². The number of aromatic hydroxyl groups is 1. The number of carbonyl (C=O) groups is 1. The van der Waals surface area contributed by atoms with Crippen LogP contribution in [0, 0.1) is 0 Å². The minimum atomic E-state index is -0.249. The Morgan fingerprint density at radius 2 is 1.82 bits per heavy atom. The van der Waals surface area contributed by atoms with Crippen LogP contribution in [0.4, 0.5) is 0 Å². The zero-order valence-corrected chi connectivity index (χ0v) is 12.4. The molecule has 1 aromatic rings. The average molecular weight is 304 g/mol. The summed E-state index contributed by atoms with van der Waals surface area (Å²) in [5.74, 6) is 0.663. The van der Waals surface area contributed by atoms with Gasteiger partial charge in [-0.25, -0.2) is 0 Å². The number of likely N-dealkylation sites (tertiary alicyclic amines) is 1. The lowest BCUT2D eigenvalue weighted by Gasteiger charge is -2.32. The average Bonchev–Trinajstić information content (AvgIpc) is 3.26. The van der Waals surface area contributed by atoms with Crippen LogP contribution in [0.2, 0.25) is 0 Å². The highest BCUT2D eigenvalue weighted by atomic mass is 16.7. The molecule has 0 spiro atoms. The van der Waals surface area contributed by atoms with Crippen molar-refractivity contribution < 1.29 is 19.4 Å². The molecule has 1 amide bonds. The first-order chi connectivity index (χ1) is 10.7. The smallest absolute Gasteiger partial charge is 0.255 e. The zero-order chi connectivity index (χ0) is 15.1. The SMILES string of the molecule is O=C(NC1CCN(C2CC2)CC1)c1cc2c(cc1O)OCO2. The number of hydrogen-bond acceptors (Lipinski definition) is 5. The number of phenols is 1. The molecule has 6 nitrogen and oxygen atoms in total. The molecule has 1 aromatic carbocycles. The molecule has 0 radical (unpaired) electrons. The van der Waals surface area contributed by atoms with Gasteiger partial charge >= 0.3 is 0 Å². The van der Waals surface area contributed by atoms with Gasteiger partial charge in [-0.3, -0.25) is 4.79 Å². The monoisotopic (exact) mass is 304 g/mol. The number of piperidine rings is 1. The van der Waals surface area contributed by atoms with E-state index in [4.69, 9.17) is 9.47 Å². The number of amides is 1. The molecule has 1 aliphatic carbocycles. The van der Waals surface area contributed by atoms with Crippen molar-refractivity contribution in [3.8, 4) is 17.2 Å². The Labute approximate surface area is 129 Å². The van der Waals surface area contributed by atoms with E-state index in [1.54, 1.807) is 6.07 Å². The van der Waals surface area contributed by atoms with E-state index in [1.165, 1.54) is 18.9 Å². The number of carbonyl (C=O) groups excluding carboxylic acids is 1. The molecule has 2 heterocycles. The number of nitrogens with one attached hydrogen (secondary N) is 1. The lowest BCUT2D eigenvalue weighted by atomic mass is 10.0. The Bertz CT molecular complexity index is 592. The topological polar surface area (TPSA) is 71.0 Å². The fourth-order valence-electron chi connectivity index (χ4n) is 3.22. The molecule has 118 valence electrons. The first kappa shape index (κ1) is 13.7. The minimum absolute atomic E-state index is 0.0721. The number of benzene rings is 1. The summed E-state index contributed by atoms with van der Waals surface area (Å²) >= 11 is 0. The molecule has 4 rings (SSSR count). The first-order valence-electron chi connectivity index (χ1n) is 7.88. The summed E-state index contributed by atoms with van der Waals surface area (Å²) in [4.78, 5) is 14.9. The second-order valence-electron chi connectivity index (χ2n) is 6.24. The number of nitrogens with zero attached hydrogens (tertiary/aromatic N) is 1. The third kappa shape index (κ3) is 2.59. The van der Waals surface area contributed by atoms with Gasteiger partial charge in [-0.05, 0) is 25.7 Å². The normalized spacial score (nSPS) is 21.8. The van der Waals surface area contributed by atoms with Crippen molar-refractivity contribution >= 4 is 5.91 Å². The van der Waals surface area contributed by atoms with Gasteiger partial charge in [-0.1, -0.05) is 0 Å². The van der Waals surface area contributed by atoms with Gasteiger partial charge in [0, 0.05) is 37.3 Å². The van der Waals surface area contributed by atoms with Crippen molar-refractivity contribution in [3.05, 3.63) is 17.7 Å². The molecule has 0 bridgehead atoms. The maximum atomic E-state index is 12.4. The third-order valence-electron chi connectivity index (χ3n) is 4.66. The Balaban J connectivity index is 1.40. The van der Waals surface area contributed by atoms with Gasteiger partial charge in [0.05, 0.1) is 5.56 Å². The van der Waals surface area contributed by atoms with Crippen LogP contribution in [0.5, 0.6) is 17.2 Å². The van der Waals surface area contributed by atoms with Crippen molar-refractivity contribution in [3.63, 3.8) is 0 Å². The molecule has 2 aliphatic heterocycles. The van der Waals surface area contributed by atoms with Gasteiger partial charge in [0.1, 0.15) is 5.75 Å². The van der Waals surface area contributed by atoms with Crippen LogP contribution >= 0.6 is 0 Å². The second-order valence-corrected chi connectivity index (χ2v) is 6.24. The van der Waals surface area contributed by atoms with E-state index < -0.39 is 0 Å². The molecule has 22 heavy (non-hydrogen) atoms. The van der Waals surface area contributed by atoms with Crippen molar-refractivity contribution in [2.75, 3.05) is 19.9 Å². The van der Waals surface area contributed by atoms with Gasteiger partial charge in [-0.15, -0.1) is 0 Å². The fraction of sp³-hybridized carbons (Fsp3) is 0.562. The van der Waals surface area contributed by atoms with Crippen LogP contribution in [-0.4, -0.2) is 47.9 Å². The molecule has 1 saturated heterocycles. The molecular formula is C16H20N2O4. The van der Waals surface area contributed by atoms with Crippen molar-refractivity contribution in [2.24, 2.45) is 0 Å². The van der Waals surface area contributed by atoms with Crippen molar-refractivity contribution in [2.45, 2.75) is 37.8 Å².